The number of hydrogen-bond donors (Lipinski definition) is 5. The largest absolute Gasteiger partial charge is 0.465 e. The van der Waals surface area contributed by atoms with Gasteiger partial charge in [0.15, 0.2) is 0 Å². The fraction of sp³-hybridized carbons (Fsp3) is 0.300. The van der Waals surface area contributed by atoms with Crippen LogP contribution in [0.3, 0.4) is 0 Å². The van der Waals surface area contributed by atoms with Crippen molar-refractivity contribution in [3.63, 3.8) is 0 Å². The van der Waals surface area contributed by atoms with Crippen LogP contribution in [0.1, 0.15) is 67.9 Å². The normalized spacial score (nSPS) is 17.8. The molecule has 5 aromatic rings. The van der Waals surface area contributed by atoms with Gasteiger partial charge in [0.2, 0.25) is 5.91 Å². The third-order valence-corrected chi connectivity index (χ3v) is 10.2. The molecular formula is C40H41FN8O6. The summed E-state index contributed by atoms with van der Waals surface area (Å²) in [6, 6.07) is 18.9. The van der Waals surface area contributed by atoms with E-state index in [1.165, 1.54) is 13.2 Å². The summed E-state index contributed by atoms with van der Waals surface area (Å²) in [7, 11) is 1.24. The predicted octanol–water partition coefficient (Wildman–Crippen LogP) is 6.35. The number of carbonyl (C=O) groups is 4. The van der Waals surface area contributed by atoms with Gasteiger partial charge in [-0.2, -0.15) is 0 Å². The lowest BCUT2D eigenvalue weighted by molar-refractivity contribution is -0.135. The first-order valence-corrected chi connectivity index (χ1v) is 18.1. The maximum atomic E-state index is 15.6. The number of aromatic amines is 2. The van der Waals surface area contributed by atoms with Gasteiger partial charge in [0.25, 0.3) is 5.91 Å². The van der Waals surface area contributed by atoms with E-state index in [0.717, 1.165) is 29.7 Å². The van der Waals surface area contributed by atoms with Gasteiger partial charge in [-0.1, -0.05) is 60.7 Å². The Morgan fingerprint density at radius 3 is 2.00 bits per heavy atom. The Morgan fingerprint density at radius 1 is 0.800 bits per heavy atom. The maximum absolute atomic E-state index is 15.6. The van der Waals surface area contributed by atoms with Crippen LogP contribution in [0.2, 0.25) is 0 Å². The van der Waals surface area contributed by atoms with Crippen LogP contribution in [-0.2, 0) is 14.3 Å². The number of carbonyl (C=O) groups excluding carboxylic acids is 3. The summed E-state index contributed by atoms with van der Waals surface area (Å²) in [5.41, 5.74) is 4.48. The van der Waals surface area contributed by atoms with Crippen molar-refractivity contribution in [2.45, 2.75) is 56.8 Å². The molecule has 55 heavy (non-hydrogen) atoms. The molecule has 2 aliphatic heterocycles. The van der Waals surface area contributed by atoms with Crippen LogP contribution in [-0.4, -0.2) is 85.1 Å². The van der Waals surface area contributed by atoms with Gasteiger partial charge < -0.3 is 40.2 Å². The van der Waals surface area contributed by atoms with E-state index >= 15 is 4.39 Å². The number of nitrogens with zero attached hydrogens (tertiary/aromatic N) is 4. The summed E-state index contributed by atoms with van der Waals surface area (Å²) in [6.07, 6.45) is 4.19. The number of benzene rings is 3. The number of hydrogen-bond acceptors (Lipinski definition) is 7. The van der Waals surface area contributed by atoms with Gasteiger partial charge in [-0.05, 0) is 67.0 Å². The molecular weight excluding hydrogens is 707 g/mol. The van der Waals surface area contributed by atoms with E-state index in [2.05, 4.69) is 35.3 Å². The monoisotopic (exact) mass is 748 g/mol. The number of nitrogens with one attached hydrogen (secondary N) is 4. The van der Waals surface area contributed by atoms with Crippen LogP contribution in [0.5, 0.6) is 0 Å². The van der Waals surface area contributed by atoms with Gasteiger partial charge in [-0.3, -0.25) is 9.59 Å². The van der Waals surface area contributed by atoms with Crippen LogP contribution in [0.4, 0.5) is 14.0 Å². The Balaban J connectivity index is 1.02. The van der Waals surface area contributed by atoms with Gasteiger partial charge >= 0.3 is 12.2 Å². The third kappa shape index (κ3) is 7.77. The fourth-order valence-electron chi connectivity index (χ4n) is 7.45. The zero-order chi connectivity index (χ0) is 38.6. The predicted molar refractivity (Wildman–Crippen MR) is 200 cm³/mol. The van der Waals surface area contributed by atoms with Gasteiger partial charge in [0.05, 0.1) is 43.0 Å². The highest BCUT2D eigenvalue weighted by atomic mass is 19.1. The Morgan fingerprint density at radius 2 is 1.38 bits per heavy atom. The number of alkyl carbamates (subject to hydrolysis) is 1. The highest BCUT2D eigenvalue weighted by Crippen LogP contribution is 2.36. The number of rotatable bonds is 10. The molecule has 2 aromatic heterocycles. The molecule has 3 aromatic carbocycles. The van der Waals surface area contributed by atoms with Gasteiger partial charge in [-0.25, -0.2) is 23.9 Å². The molecule has 0 radical (unpaired) electrons. The number of carboxylic acid groups (broad SMARTS) is 1. The first-order chi connectivity index (χ1) is 26.6. The van der Waals surface area contributed by atoms with E-state index in [-0.39, 0.29) is 23.9 Å². The van der Waals surface area contributed by atoms with E-state index in [1.807, 2.05) is 36.4 Å². The van der Waals surface area contributed by atoms with Crippen molar-refractivity contribution in [1.82, 2.24) is 40.4 Å². The van der Waals surface area contributed by atoms with Crippen molar-refractivity contribution in [1.29, 1.82) is 0 Å². The molecule has 5 N–H and O–H groups in total. The van der Waals surface area contributed by atoms with Crippen molar-refractivity contribution >= 4 is 24.0 Å². The van der Waals surface area contributed by atoms with E-state index < -0.39 is 30.1 Å². The van der Waals surface area contributed by atoms with Crippen LogP contribution < -0.4 is 10.6 Å². The average Bonchev–Trinajstić information content (AvgIpc) is 4.03. The standard InChI is InChI=1S/C40H41FN8O6/c1-23(44-40(54)55-2)37(50)48-18-6-10-32(48)36-43-22-31(46-36)28-17-16-27(20-29(28)41)24-12-14-25(15-13-24)30-21-42-35(45-30)33-11-7-19-49(33)38(51)34(47-39(52)53)26-8-4-3-5-9-26/h3-5,8-9,12-17,20-23,32-34,47H,6-7,10-11,18-19H2,1-2H3,(H,42,45)(H,43,46)(H,44,54)(H,52,53)/t23-,32-,33-,34+/m0/s1. The number of H-pyrrole nitrogens is 2. The quantitative estimate of drug-likeness (QED) is 0.109. The molecule has 14 nitrogen and oxygen atoms in total. The Hall–Kier alpha value is -6.51. The van der Waals surface area contributed by atoms with Crippen LogP contribution in [0, 0.1) is 5.82 Å². The number of halogens is 1. The molecule has 2 aliphatic rings. The minimum atomic E-state index is -1.28. The summed E-state index contributed by atoms with van der Waals surface area (Å²) >= 11 is 0. The molecule has 0 saturated carbocycles. The lowest BCUT2D eigenvalue weighted by atomic mass is 10.0. The lowest BCUT2D eigenvalue weighted by Crippen LogP contribution is -2.46. The summed E-state index contributed by atoms with van der Waals surface area (Å²) in [6.45, 7) is 2.59. The number of amides is 4. The molecule has 15 heteroatoms. The summed E-state index contributed by atoms with van der Waals surface area (Å²) in [4.78, 5) is 69.0. The average molecular weight is 749 g/mol. The highest BCUT2D eigenvalue weighted by Gasteiger charge is 2.37. The van der Waals surface area contributed by atoms with Crippen molar-refractivity contribution in [2.75, 3.05) is 20.2 Å². The third-order valence-electron chi connectivity index (χ3n) is 10.2. The van der Waals surface area contributed by atoms with E-state index in [4.69, 9.17) is 0 Å². The molecule has 7 rings (SSSR count). The van der Waals surface area contributed by atoms with E-state index in [1.54, 1.807) is 59.4 Å². The Labute approximate surface area is 316 Å². The number of aromatic nitrogens is 4. The summed E-state index contributed by atoms with van der Waals surface area (Å²) in [5.74, 6) is 0.138. The van der Waals surface area contributed by atoms with Crippen LogP contribution >= 0.6 is 0 Å². The molecule has 0 unspecified atom stereocenters. The number of likely N-dealkylation sites (tertiary alicyclic amines) is 2. The topological polar surface area (TPSA) is 186 Å². The van der Waals surface area contributed by atoms with Crippen LogP contribution in [0.25, 0.3) is 33.6 Å². The van der Waals surface area contributed by atoms with E-state index in [9.17, 15) is 24.3 Å². The molecule has 0 spiro atoms. The van der Waals surface area contributed by atoms with Crippen LogP contribution in [0.15, 0.2) is 85.2 Å². The Bertz CT molecular complexity index is 2190. The Kier molecular flexibility index (Phi) is 10.6. The highest BCUT2D eigenvalue weighted by molar-refractivity contribution is 5.87. The molecule has 4 amide bonds. The number of imidazole rings is 2. The zero-order valence-corrected chi connectivity index (χ0v) is 30.3. The molecule has 2 fully saturated rings. The summed E-state index contributed by atoms with van der Waals surface area (Å²) < 4.78 is 20.2. The number of ether oxygens (including phenoxy) is 1. The SMILES string of the molecule is COC(=O)N[C@@H](C)C(=O)N1CCC[C@H]1c1ncc(-c2ccc(-c3ccc(-c4cnc([C@@H]5CCCN5C(=O)[C@H](NC(=O)O)c5ccccc5)[nH]4)cc3)cc2F)[nH]1. The molecule has 2 saturated heterocycles. The molecule has 284 valence electrons. The molecule has 4 atom stereocenters. The van der Waals surface area contributed by atoms with Gasteiger partial charge in [0, 0.05) is 18.7 Å². The minimum absolute atomic E-state index is 0.253. The first kappa shape index (κ1) is 36.8. The van der Waals surface area contributed by atoms with E-state index in [0.29, 0.717) is 60.0 Å². The van der Waals surface area contributed by atoms with Gasteiger partial charge in [-0.15, -0.1) is 0 Å². The molecule has 0 aliphatic carbocycles. The molecule has 0 bridgehead atoms. The summed E-state index contributed by atoms with van der Waals surface area (Å²) in [5, 5.41) is 14.3. The van der Waals surface area contributed by atoms with Crippen molar-refractivity contribution in [3.8, 4) is 33.6 Å². The second kappa shape index (κ2) is 15.8. The first-order valence-electron chi connectivity index (χ1n) is 18.1. The van der Waals surface area contributed by atoms with Crippen molar-refractivity contribution in [3.05, 3.63) is 108 Å². The van der Waals surface area contributed by atoms with Gasteiger partial charge in [0.1, 0.15) is 29.5 Å². The minimum Gasteiger partial charge on any atom is -0.465 e. The maximum Gasteiger partial charge on any atom is 0.407 e. The smallest absolute Gasteiger partial charge is 0.407 e. The second-order valence-corrected chi connectivity index (χ2v) is 13.7. The van der Waals surface area contributed by atoms with Crippen molar-refractivity contribution < 1.29 is 33.4 Å². The number of methoxy groups -OCH3 is 1. The fourth-order valence-corrected chi connectivity index (χ4v) is 7.45. The zero-order valence-electron chi connectivity index (χ0n) is 30.3. The second-order valence-electron chi connectivity index (χ2n) is 13.7. The lowest BCUT2D eigenvalue weighted by Gasteiger charge is -2.28. The van der Waals surface area contributed by atoms with Crippen molar-refractivity contribution in [2.24, 2.45) is 0 Å². The molecule has 4 heterocycles.